The third kappa shape index (κ3) is 1.61. The molecule has 14 heavy (non-hydrogen) atoms. The predicted octanol–water partition coefficient (Wildman–Crippen LogP) is 0.827. The summed E-state index contributed by atoms with van der Waals surface area (Å²) in [6.07, 6.45) is 0. The number of rotatable bonds is 2. The van der Waals surface area contributed by atoms with Crippen LogP contribution in [-0.2, 0) is 5.41 Å². The highest BCUT2D eigenvalue weighted by Gasteiger charge is 2.25. The van der Waals surface area contributed by atoms with Crippen LogP contribution in [0.15, 0.2) is 12.1 Å². The minimum absolute atomic E-state index is 0.00396. The van der Waals surface area contributed by atoms with E-state index in [4.69, 9.17) is 11.5 Å². The smallest absolute Gasteiger partial charge is 0.138 e. The average molecular weight is 196 g/mol. The molecule has 0 amide bonds. The van der Waals surface area contributed by atoms with Gasteiger partial charge in [-0.25, -0.2) is 0 Å². The fraction of sp³-hybridized carbons (Fsp3) is 0.400. The third-order valence-corrected chi connectivity index (χ3v) is 2.33. The van der Waals surface area contributed by atoms with Gasteiger partial charge in [-0.1, -0.05) is 13.8 Å². The summed E-state index contributed by atoms with van der Waals surface area (Å²) in [6.45, 7) is 3.55. The van der Waals surface area contributed by atoms with Gasteiger partial charge in [0.1, 0.15) is 5.75 Å². The summed E-state index contributed by atoms with van der Waals surface area (Å²) in [4.78, 5) is 0. The largest absolute Gasteiger partial charge is 0.506 e. The number of aliphatic hydroxyl groups excluding tert-OH is 1. The zero-order valence-corrected chi connectivity index (χ0v) is 8.41. The van der Waals surface area contributed by atoms with Crippen molar-refractivity contribution in [2.45, 2.75) is 19.3 Å². The molecule has 0 spiro atoms. The molecule has 0 heterocycles. The first-order valence-electron chi connectivity index (χ1n) is 4.38. The predicted molar refractivity (Wildman–Crippen MR) is 57.0 cm³/mol. The molecule has 1 aromatic rings. The number of phenolic OH excluding ortho intramolecular Hbond substituents is 1. The topological polar surface area (TPSA) is 92.5 Å². The number of aromatic hydroxyl groups is 1. The molecule has 4 nitrogen and oxygen atoms in total. The average Bonchev–Trinajstić information content (AvgIpc) is 2.12. The summed E-state index contributed by atoms with van der Waals surface area (Å²) in [5, 5.41) is 18.6. The first kappa shape index (κ1) is 10.7. The van der Waals surface area contributed by atoms with Crippen LogP contribution in [0.2, 0.25) is 0 Å². The molecule has 0 aliphatic heterocycles. The molecule has 6 N–H and O–H groups in total. The Morgan fingerprint density at radius 3 is 2.36 bits per heavy atom. The van der Waals surface area contributed by atoms with Gasteiger partial charge in [-0.2, -0.15) is 0 Å². The maximum absolute atomic E-state index is 9.42. The monoisotopic (exact) mass is 196 g/mol. The van der Waals surface area contributed by atoms with E-state index >= 15 is 0 Å². The Morgan fingerprint density at radius 2 is 1.86 bits per heavy atom. The van der Waals surface area contributed by atoms with Gasteiger partial charge >= 0.3 is 0 Å². The molecule has 0 saturated carbocycles. The molecular weight excluding hydrogens is 180 g/mol. The van der Waals surface area contributed by atoms with E-state index in [-0.39, 0.29) is 18.0 Å². The Kier molecular flexibility index (Phi) is 2.57. The Bertz CT molecular complexity index is 348. The van der Waals surface area contributed by atoms with Crippen molar-refractivity contribution >= 4 is 11.4 Å². The second kappa shape index (κ2) is 3.38. The molecule has 0 fully saturated rings. The number of phenols is 1. The second-order valence-corrected chi connectivity index (χ2v) is 4.00. The fourth-order valence-electron chi connectivity index (χ4n) is 1.46. The van der Waals surface area contributed by atoms with Crippen LogP contribution in [0, 0.1) is 0 Å². The Balaban J connectivity index is 3.40. The second-order valence-electron chi connectivity index (χ2n) is 4.00. The number of hydrogen-bond donors (Lipinski definition) is 4. The summed E-state index contributed by atoms with van der Waals surface area (Å²) in [6, 6.07) is 3.03. The highest BCUT2D eigenvalue weighted by atomic mass is 16.3. The van der Waals surface area contributed by atoms with Crippen molar-refractivity contribution in [1.82, 2.24) is 0 Å². The van der Waals surface area contributed by atoms with Crippen molar-refractivity contribution in [3.63, 3.8) is 0 Å². The van der Waals surface area contributed by atoms with Gasteiger partial charge in [0.15, 0.2) is 0 Å². The van der Waals surface area contributed by atoms with Crippen molar-refractivity contribution in [2.75, 3.05) is 18.1 Å². The van der Waals surface area contributed by atoms with Crippen LogP contribution >= 0.6 is 0 Å². The van der Waals surface area contributed by atoms with E-state index in [2.05, 4.69) is 0 Å². The van der Waals surface area contributed by atoms with Gasteiger partial charge in [0, 0.05) is 16.7 Å². The Morgan fingerprint density at radius 1 is 1.29 bits per heavy atom. The number of anilines is 2. The van der Waals surface area contributed by atoms with E-state index in [0.717, 1.165) is 0 Å². The van der Waals surface area contributed by atoms with Gasteiger partial charge in [0.2, 0.25) is 0 Å². The molecule has 4 heteroatoms. The molecule has 78 valence electrons. The zero-order chi connectivity index (χ0) is 10.9. The molecule has 0 aromatic heterocycles. The van der Waals surface area contributed by atoms with Crippen LogP contribution in [0.3, 0.4) is 0 Å². The molecule has 0 unspecified atom stereocenters. The number of aliphatic hydroxyl groups is 1. The first-order valence-corrected chi connectivity index (χ1v) is 4.38. The lowest BCUT2D eigenvalue weighted by molar-refractivity contribution is 0.219. The lowest BCUT2D eigenvalue weighted by atomic mass is 9.83. The normalized spacial score (nSPS) is 11.6. The van der Waals surface area contributed by atoms with Gasteiger partial charge in [0.05, 0.1) is 12.3 Å². The molecular formula is C10H16N2O2. The molecule has 0 radical (unpaired) electrons. The van der Waals surface area contributed by atoms with Crippen molar-refractivity contribution in [3.8, 4) is 5.75 Å². The maximum atomic E-state index is 9.42. The van der Waals surface area contributed by atoms with E-state index in [1.54, 1.807) is 6.07 Å². The lowest BCUT2D eigenvalue weighted by Crippen LogP contribution is -2.25. The van der Waals surface area contributed by atoms with E-state index in [1.165, 1.54) is 6.07 Å². The summed E-state index contributed by atoms with van der Waals surface area (Å²) < 4.78 is 0. The van der Waals surface area contributed by atoms with Crippen molar-refractivity contribution < 1.29 is 10.2 Å². The lowest BCUT2D eigenvalue weighted by Gasteiger charge is -2.26. The fourth-order valence-corrected chi connectivity index (χ4v) is 1.46. The van der Waals surface area contributed by atoms with Gasteiger partial charge in [-0.3, -0.25) is 0 Å². The Labute approximate surface area is 83.2 Å². The van der Waals surface area contributed by atoms with Gasteiger partial charge < -0.3 is 21.7 Å². The molecule has 0 bridgehead atoms. The van der Waals surface area contributed by atoms with Crippen molar-refractivity contribution in [3.05, 3.63) is 17.7 Å². The summed E-state index contributed by atoms with van der Waals surface area (Å²) >= 11 is 0. The zero-order valence-electron chi connectivity index (χ0n) is 8.41. The molecule has 1 aromatic carbocycles. The van der Waals surface area contributed by atoms with Crippen LogP contribution in [0.1, 0.15) is 19.4 Å². The number of nitrogen functional groups attached to an aromatic ring is 2. The minimum atomic E-state index is -0.549. The summed E-state index contributed by atoms with van der Waals surface area (Å²) in [7, 11) is 0. The van der Waals surface area contributed by atoms with Gasteiger partial charge in [-0.15, -0.1) is 0 Å². The number of hydrogen-bond acceptors (Lipinski definition) is 4. The van der Waals surface area contributed by atoms with Crippen molar-refractivity contribution in [2.24, 2.45) is 0 Å². The van der Waals surface area contributed by atoms with Gasteiger partial charge in [0.25, 0.3) is 0 Å². The summed E-state index contributed by atoms with van der Waals surface area (Å²) in [5.74, 6) is -0.00396. The number of nitrogens with two attached hydrogens (primary N) is 2. The molecule has 0 saturated heterocycles. The minimum Gasteiger partial charge on any atom is -0.506 e. The number of benzene rings is 1. The molecule has 0 atom stereocenters. The van der Waals surface area contributed by atoms with Crippen LogP contribution in [0.5, 0.6) is 5.75 Å². The van der Waals surface area contributed by atoms with Crippen molar-refractivity contribution in [1.29, 1.82) is 0 Å². The van der Waals surface area contributed by atoms with Crippen LogP contribution in [-0.4, -0.2) is 16.8 Å². The van der Waals surface area contributed by atoms with Gasteiger partial charge in [-0.05, 0) is 12.1 Å². The molecule has 0 aliphatic rings. The SMILES string of the molecule is CC(C)(CO)c1c(N)ccc(O)c1N. The van der Waals surface area contributed by atoms with E-state index in [0.29, 0.717) is 11.3 Å². The highest BCUT2D eigenvalue weighted by molar-refractivity contribution is 5.70. The van der Waals surface area contributed by atoms with E-state index in [9.17, 15) is 10.2 Å². The molecule has 0 aliphatic carbocycles. The highest BCUT2D eigenvalue weighted by Crippen LogP contribution is 2.37. The van der Waals surface area contributed by atoms with Crippen LogP contribution < -0.4 is 11.5 Å². The first-order chi connectivity index (χ1) is 6.40. The van der Waals surface area contributed by atoms with E-state index in [1.807, 2.05) is 13.8 Å². The van der Waals surface area contributed by atoms with Crippen LogP contribution in [0.25, 0.3) is 0 Å². The van der Waals surface area contributed by atoms with E-state index < -0.39 is 5.41 Å². The maximum Gasteiger partial charge on any atom is 0.138 e. The quantitative estimate of drug-likeness (QED) is 0.320. The standard InChI is InChI=1S/C10H16N2O2/c1-10(2,5-13)8-6(11)3-4-7(14)9(8)12/h3-4,13-14H,5,11-12H2,1-2H3. The summed E-state index contributed by atoms with van der Waals surface area (Å²) in [5.41, 5.74) is 12.2. The van der Waals surface area contributed by atoms with Crippen LogP contribution in [0.4, 0.5) is 11.4 Å². The molecule has 1 rings (SSSR count). The Hall–Kier alpha value is -1.42. The third-order valence-electron chi connectivity index (χ3n) is 2.33.